The van der Waals surface area contributed by atoms with Gasteiger partial charge in [0.15, 0.2) is 0 Å². The summed E-state index contributed by atoms with van der Waals surface area (Å²) in [6, 6.07) is 11.7. The van der Waals surface area contributed by atoms with Crippen LogP contribution in [0.15, 0.2) is 30.3 Å². The van der Waals surface area contributed by atoms with Gasteiger partial charge in [-0.25, -0.2) is 0 Å². The molecule has 0 aromatic heterocycles. The topological polar surface area (TPSA) is 21.3 Å². The Balaban J connectivity index is 1.76. The lowest BCUT2D eigenvalue weighted by atomic mass is 9.93. The van der Waals surface area contributed by atoms with Crippen molar-refractivity contribution >= 4 is 0 Å². The second-order valence-electron chi connectivity index (χ2n) is 5.48. The van der Waals surface area contributed by atoms with Gasteiger partial charge >= 0.3 is 0 Å². The summed E-state index contributed by atoms with van der Waals surface area (Å²) in [5.74, 6) is 0.656. The molecule has 0 heterocycles. The van der Waals surface area contributed by atoms with Crippen molar-refractivity contribution in [2.24, 2.45) is 0 Å². The molecule has 1 aromatic rings. The second kappa shape index (κ2) is 8.34. The molecule has 0 bridgehead atoms. The molecule has 0 radical (unpaired) electrons. The summed E-state index contributed by atoms with van der Waals surface area (Å²) in [5.41, 5.74) is 1.48. The van der Waals surface area contributed by atoms with E-state index in [-0.39, 0.29) is 0 Å². The van der Waals surface area contributed by atoms with E-state index in [9.17, 15) is 0 Å². The zero-order valence-electron chi connectivity index (χ0n) is 12.1. The van der Waals surface area contributed by atoms with Gasteiger partial charge in [-0.2, -0.15) is 0 Å². The Kier molecular flexibility index (Phi) is 6.38. The molecule has 1 aromatic carbocycles. The number of ether oxygens (including phenoxy) is 1. The van der Waals surface area contributed by atoms with Gasteiger partial charge in [-0.15, -0.1) is 0 Å². The molecule has 1 aliphatic rings. The van der Waals surface area contributed by atoms with Crippen LogP contribution in [0.5, 0.6) is 0 Å². The predicted molar refractivity (Wildman–Crippen MR) is 80.6 cm³/mol. The minimum atomic E-state index is 0.656. The molecule has 106 valence electrons. The Morgan fingerprint density at radius 1 is 1.21 bits per heavy atom. The number of rotatable bonds is 10. The Morgan fingerprint density at radius 2 is 2.00 bits per heavy atom. The monoisotopic (exact) mass is 261 g/mol. The van der Waals surface area contributed by atoms with E-state index in [1.54, 1.807) is 0 Å². The summed E-state index contributed by atoms with van der Waals surface area (Å²) in [4.78, 5) is 0. The first kappa shape index (κ1) is 14.5. The number of benzene rings is 1. The average molecular weight is 261 g/mol. The summed E-state index contributed by atoms with van der Waals surface area (Å²) in [5, 5.41) is 3.68. The van der Waals surface area contributed by atoms with Gasteiger partial charge in [0.25, 0.3) is 0 Å². The quantitative estimate of drug-likeness (QED) is 0.648. The lowest BCUT2D eigenvalue weighted by Gasteiger charge is -2.18. The van der Waals surface area contributed by atoms with Crippen molar-refractivity contribution in [3.05, 3.63) is 35.9 Å². The second-order valence-corrected chi connectivity index (χ2v) is 5.48. The lowest BCUT2D eigenvalue weighted by Crippen LogP contribution is -2.23. The van der Waals surface area contributed by atoms with E-state index >= 15 is 0 Å². The minimum absolute atomic E-state index is 0.656. The Labute approximate surface area is 117 Å². The van der Waals surface area contributed by atoms with Gasteiger partial charge < -0.3 is 10.1 Å². The van der Waals surface area contributed by atoms with Gasteiger partial charge in [0.05, 0.1) is 0 Å². The third-order valence-corrected chi connectivity index (χ3v) is 3.80. The van der Waals surface area contributed by atoms with Crippen LogP contribution in [0, 0.1) is 0 Å². The van der Waals surface area contributed by atoms with E-state index in [1.165, 1.54) is 37.7 Å². The summed E-state index contributed by atoms with van der Waals surface area (Å²) >= 11 is 0. The third kappa shape index (κ3) is 5.75. The number of nitrogens with one attached hydrogen (secondary N) is 1. The first-order valence-corrected chi connectivity index (χ1v) is 7.76. The molecule has 1 atom stereocenters. The highest BCUT2D eigenvalue weighted by atomic mass is 16.5. The van der Waals surface area contributed by atoms with Crippen LogP contribution in [0.3, 0.4) is 0 Å². The fourth-order valence-electron chi connectivity index (χ4n) is 2.45. The van der Waals surface area contributed by atoms with Crippen LogP contribution in [-0.4, -0.2) is 25.8 Å². The lowest BCUT2D eigenvalue weighted by molar-refractivity contribution is 0.142. The molecule has 1 fully saturated rings. The standard InChI is InChI=1S/C17H27NO/c1-2-19-13-7-6-10-16(14-18-17-11-12-17)15-8-4-3-5-9-15/h3-5,8-9,16-18H,2,6-7,10-14H2,1H3. The average Bonchev–Trinajstić information content (AvgIpc) is 3.27. The van der Waals surface area contributed by atoms with Crippen LogP contribution < -0.4 is 5.32 Å². The zero-order chi connectivity index (χ0) is 13.3. The van der Waals surface area contributed by atoms with E-state index in [2.05, 4.69) is 42.6 Å². The van der Waals surface area contributed by atoms with Crippen LogP contribution >= 0.6 is 0 Å². The summed E-state index contributed by atoms with van der Waals surface area (Å²) < 4.78 is 5.41. The van der Waals surface area contributed by atoms with Crippen molar-refractivity contribution in [1.29, 1.82) is 0 Å². The molecule has 0 amide bonds. The molecule has 1 aliphatic carbocycles. The number of unbranched alkanes of at least 4 members (excludes halogenated alkanes) is 1. The first-order valence-electron chi connectivity index (χ1n) is 7.76. The maximum absolute atomic E-state index is 5.41. The van der Waals surface area contributed by atoms with Crippen LogP contribution in [0.25, 0.3) is 0 Å². The van der Waals surface area contributed by atoms with Crippen molar-refractivity contribution in [1.82, 2.24) is 5.32 Å². The van der Waals surface area contributed by atoms with Gasteiger partial charge in [0, 0.05) is 25.8 Å². The van der Waals surface area contributed by atoms with Gasteiger partial charge in [-0.05, 0) is 44.1 Å². The van der Waals surface area contributed by atoms with Crippen molar-refractivity contribution in [2.75, 3.05) is 19.8 Å². The molecule has 2 rings (SSSR count). The number of hydrogen-bond donors (Lipinski definition) is 1. The third-order valence-electron chi connectivity index (χ3n) is 3.80. The predicted octanol–water partition coefficient (Wildman–Crippen LogP) is 3.73. The fraction of sp³-hybridized carbons (Fsp3) is 0.647. The minimum Gasteiger partial charge on any atom is -0.382 e. The van der Waals surface area contributed by atoms with Crippen LogP contribution in [-0.2, 0) is 4.74 Å². The van der Waals surface area contributed by atoms with Crippen LogP contribution in [0.2, 0.25) is 0 Å². The molecule has 1 unspecified atom stereocenters. The van der Waals surface area contributed by atoms with Crippen molar-refractivity contribution in [3.8, 4) is 0 Å². The molecule has 2 nitrogen and oxygen atoms in total. The molecule has 1 saturated carbocycles. The normalized spacial score (nSPS) is 16.5. The fourth-order valence-corrected chi connectivity index (χ4v) is 2.45. The van der Waals surface area contributed by atoms with Gasteiger partial charge in [-0.3, -0.25) is 0 Å². The molecule has 0 saturated heterocycles. The molecule has 2 heteroatoms. The highest BCUT2D eigenvalue weighted by molar-refractivity contribution is 5.19. The summed E-state index contributed by atoms with van der Waals surface area (Å²) in [7, 11) is 0. The van der Waals surface area contributed by atoms with Crippen LogP contribution in [0.1, 0.15) is 50.5 Å². The van der Waals surface area contributed by atoms with Gasteiger partial charge in [0.2, 0.25) is 0 Å². The van der Waals surface area contributed by atoms with E-state index in [0.717, 1.165) is 25.8 Å². The van der Waals surface area contributed by atoms with Crippen molar-refractivity contribution < 1.29 is 4.74 Å². The van der Waals surface area contributed by atoms with E-state index in [1.807, 2.05) is 0 Å². The Bertz CT molecular complexity index is 334. The highest BCUT2D eigenvalue weighted by Gasteiger charge is 2.22. The molecular formula is C17H27NO. The van der Waals surface area contributed by atoms with E-state index in [0.29, 0.717) is 5.92 Å². The van der Waals surface area contributed by atoms with Crippen molar-refractivity contribution in [2.45, 2.75) is 51.0 Å². The largest absolute Gasteiger partial charge is 0.382 e. The molecular weight excluding hydrogens is 234 g/mol. The zero-order valence-corrected chi connectivity index (χ0v) is 12.1. The maximum Gasteiger partial charge on any atom is 0.0465 e. The smallest absolute Gasteiger partial charge is 0.0465 e. The SMILES string of the molecule is CCOCCCCC(CNC1CC1)c1ccccc1. The Hall–Kier alpha value is -0.860. The highest BCUT2D eigenvalue weighted by Crippen LogP contribution is 2.24. The van der Waals surface area contributed by atoms with Crippen LogP contribution in [0.4, 0.5) is 0 Å². The Morgan fingerprint density at radius 3 is 2.68 bits per heavy atom. The number of hydrogen-bond acceptors (Lipinski definition) is 2. The summed E-state index contributed by atoms with van der Waals surface area (Å²) in [6.45, 7) is 4.94. The maximum atomic E-state index is 5.41. The van der Waals surface area contributed by atoms with Gasteiger partial charge in [-0.1, -0.05) is 36.8 Å². The molecule has 0 aliphatic heterocycles. The molecule has 19 heavy (non-hydrogen) atoms. The summed E-state index contributed by atoms with van der Waals surface area (Å²) in [6.07, 6.45) is 6.43. The first-order chi connectivity index (χ1) is 9.40. The van der Waals surface area contributed by atoms with Gasteiger partial charge in [0.1, 0.15) is 0 Å². The molecule has 0 spiro atoms. The van der Waals surface area contributed by atoms with Crippen molar-refractivity contribution in [3.63, 3.8) is 0 Å². The van der Waals surface area contributed by atoms with E-state index < -0.39 is 0 Å². The van der Waals surface area contributed by atoms with E-state index in [4.69, 9.17) is 4.74 Å². The molecule has 1 N–H and O–H groups in total.